The van der Waals surface area contributed by atoms with Crippen molar-refractivity contribution >= 4 is 47.0 Å². The number of guanidine groups is 1. The van der Waals surface area contributed by atoms with E-state index in [1.165, 1.54) is 10.4 Å². The number of rotatable bonds is 4. The number of thiazole rings is 1. The number of hydrogen-bond acceptors (Lipinski definition) is 3. The van der Waals surface area contributed by atoms with Gasteiger partial charge in [-0.2, -0.15) is 0 Å². The maximum Gasteiger partial charge on any atom is 0.193 e. The molecule has 2 aromatic rings. The fourth-order valence-electron chi connectivity index (χ4n) is 1.79. The minimum Gasteiger partial charge on any atom is -0.370 e. The van der Waals surface area contributed by atoms with Crippen molar-refractivity contribution in [3.8, 4) is 0 Å². The van der Waals surface area contributed by atoms with Crippen molar-refractivity contribution in [3.63, 3.8) is 0 Å². The largest absolute Gasteiger partial charge is 0.370 e. The molecule has 6 heteroatoms. The van der Waals surface area contributed by atoms with E-state index in [1.54, 1.807) is 11.3 Å². The van der Waals surface area contributed by atoms with Crippen LogP contribution < -0.4 is 11.1 Å². The number of nitrogens with two attached hydrogens (primary N) is 1. The molecule has 0 aliphatic carbocycles. The average Bonchev–Trinajstić information content (AvgIpc) is 2.82. The van der Waals surface area contributed by atoms with Crippen molar-refractivity contribution in [1.82, 2.24) is 4.98 Å². The van der Waals surface area contributed by atoms with E-state index in [1.807, 2.05) is 25.3 Å². The van der Waals surface area contributed by atoms with Crippen LogP contribution in [0.25, 0.3) is 0 Å². The van der Waals surface area contributed by atoms with E-state index >= 15 is 0 Å². The van der Waals surface area contributed by atoms with Gasteiger partial charge >= 0.3 is 0 Å². The van der Waals surface area contributed by atoms with Crippen LogP contribution in [0.4, 0.5) is 5.69 Å². The van der Waals surface area contributed by atoms with Gasteiger partial charge < -0.3 is 11.1 Å². The molecular weight excluding hydrogens is 395 g/mol. The smallest absolute Gasteiger partial charge is 0.193 e. The topological polar surface area (TPSA) is 63.3 Å². The molecule has 4 nitrogen and oxygen atoms in total. The molecule has 3 N–H and O–H groups in total. The normalized spacial score (nSPS) is 11.3. The number of hydrogen-bond donors (Lipinski definition) is 2. The third-order valence-electron chi connectivity index (χ3n) is 2.88. The molecule has 0 unspecified atom stereocenters. The Bertz CT molecular complexity index is 607. The van der Waals surface area contributed by atoms with Gasteiger partial charge in [0.2, 0.25) is 0 Å². The van der Waals surface area contributed by atoms with Crippen LogP contribution in [0.3, 0.4) is 0 Å². The van der Waals surface area contributed by atoms with Gasteiger partial charge in [0.25, 0.3) is 0 Å². The number of halogens is 1. The molecule has 0 bridgehead atoms. The summed E-state index contributed by atoms with van der Waals surface area (Å²) in [6.45, 7) is 6.88. The van der Waals surface area contributed by atoms with Crippen LogP contribution in [0, 0.1) is 6.92 Å². The lowest BCUT2D eigenvalue weighted by Crippen LogP contribution is -2.22. The van der Waals surface area contributed by atoms with Gasteiger partial charge in [-0.25, -0.2) is 9.98 Å². The highest BCUT2D eigenvalue weighted by molar-refractivity contribution is 14.0. The molecule has 1 aromatic heterocycles. The first-order valence-corrected chi connectivity index (χ1v) is 7.44. The molecule has 0 atom stereocenters. The Labute approximate surface area is 146 Å². The lowest BCUT2D eigenvalue weighted by Gasteiger charge is -2.09. The van der Waals surface area contributed by atoms with E-state index in [0.717, 1.165) is 10.7 Å². The minimum atomic E-state index is 0. The maximum absolute atomic E-state index is 5.90. The second-order valence-electron chi connectivity index (χ2n) is 4.97. The summed E-state index contributed by atoms with van der Waals surface area (Å²) in [5.74, 6) is 0.909. The highest BCUT2D eigenvalue weighted by Gasteiger charge is 2.02. The highest BCUT2D eigenvalue weighted by atomic mass is 127. The molecule has 0 amide bonds. The van der Waals surface area contributed by atoms with E-state index in [9.17, 15) is 0 Å². The van der Waals surface area contributed by atoms with Gasteiger partial charge in [0.05, 0.1) is 6.54 Å². The van der Waals surface area contributed by atoms with Crippen molar-refractivity contribution in [1.29, 1.82) is 0 Å². The van der Waals surface area contributed by atoms with E-state index in [-0.39, 0.29) is 24.0 Å². The third-order valence-corrected chi connectivity index (χ3v) is 3.78. The van der Waals surface area contributed by atoms with Crippen LogP contribution in [0.1, 0.15) is 35.2 Å². The average molecular weight is 416 g/mol. The van der Waals surface area contributed by atoms with Crippen molar-refractivity contribution in [2.75, 3.05) is 5.32 Å². The van der Waals surface area contributed by atoms with E-state index < -0.39 is 0 Å². The summed E-state index contributed by atoms with van der Waals surface area (Å²) in [4.78, 5) is 9.76. The molecule has 0 saturated heterocycles. The number of aromatic nitrogens is 1. The zero-order valence-electron chi connectivity index (χ0n) is 12.5. The summed E-state index contributed by atoms with van der Waals surface area (Å²) in [7, 11) is 0. The van der Waals surface area contributed by atoms with Gasteiger partial charge in [0.15, 0.2) is 5.96 Å². The lowest BCUT2D eigenvalue weighted by molar-refractivity contribution is 0.867. The van der Waals surface area contributed by atoms with Crippen LogP contribution in [-0.4, -0.2) is 10.9 Å². The van der Waals surface area contributed by atoms with E-state index in [0.29, 0.717) is 18.4 Å². The molecule has 0 aliphatic rings. The summed E-state index contributed by atoms with van der Waals surface area (Å²) < 4.78 is 0. The van der Waals surface area contributed by atoms with Gasteiger partial charge in [-0.15, -0.1) is 35.3 Å². The molecule has 114 valence electrons. The second kappa shape index (κ2) is 8.33. The molecule has 1 heterocycles. The van der Waals surface area contributed by atoms with Crippen LogP contribution in [0.5, 0.6) is 0 Å². The van der Waals surface area contributed by atoms with Crippen LogP contribution in [0.15, 0.2) is 35.5 Å². The quantitative estimate of drug-likeness (QED) is 0.448. The predicted octanol–water partition coefficient (Wildman–Crippen LogP) is 4.12. The first-order chi connectivity index (χ1) is 9.54. The molecule has 0 saturated carbocycles. The van der Waals surface area contributed by atoms with Crippen molar-refractivity contribution in [3.05, 3.63) is 45.9 Å². The number of anilines is 1. The zero-order chi connectivity index (χ0) is 14.5. The minimum absolute atomic E-state index is 0. The monoisotopic (exact) mass is 416 g/mol. The molecule has 0 radical (unpaired) electrons. The summed E-state index contributed by atoms with van der Waals surface area (Å²) >= 11 is 1.64. The number of nitrogens with one attached hydrogen (secondary N) is 1. The van der Waals surface area contributed by atoms with Crippen molar-refractivity contribution < 1.29 is 0 Å². The molecule has 21 heavy (non-hydrogen) atoms. The number of nitrogens with zero attached hydrogens (tertiary/aromatic N) is 2. The van der Waals surface area contributed by atoms with Gasteiger partial charge in [-0.1, -0.05) is 26.0 Å². The number of aliphatic imine (C=N–C) groups is 1. The summed E-state index contributed by atoms with van der Waals surface area (Å²) in [6, 6.07) is 8.22. The first-order valence-electron chi connectivity index (χ1n) is 6.63. The van der Waals surface area contributed by atoms with Crippen molar-refractivity contribution in [2.45, 2.75) is 33.2 Å². The molecule has 0 spiro atoms. The summed E-state index contributed by atoms with van der Waals surface area (Å²) in [6.07, 6.45) is 1.85. The third kappa shape index (κ3) is 5.62. The Kier molecular flexibility index (Phi) is 7.10. The Balaban J connectivity index is 0.00000220. The molecule has 1 aromatic carbocycles. The fraction of sp³-hybridized carbons (Fsp3) is 0.333. The zero-order valence-corrected chi connectivity index (χ0v) is 15.6. The molecule has 0 fully saturated rings. The van der Waals surface area contributed by atoms with E-state index in [4.69, 9.17) is 5.73 Å². The first kappa shape index (κ1) is 17.9. The number of aryl methyl sites for hydroxylation is 1. The van der Waals surface area contributed by atoms with Crippen molar-refractivity contribution in [2.24, 2.45) is 10.7 Å². The fourth-order valence-corrected chi connectivity index (χ4v) is 2.50. The van der Waals surface area contributed by atoms with Crippen LogP contribution in [0.2, 0.25) is 0 Å². The second-order valence-corrected chi connectivity index (χ2v) is 6.29. The standard InChI is InChI=1S/C15H20N4S.HI/c1-10(2)12-5-4-6-13(7-12)19-15(16)18-9-14-17-8-11(3)20-14;/h4-8,10H,9H2,1-3H3,(H3,16,18,19);1H. The van der Waals surface area contributed by atoms with Gasteiger partial charge in [0.1, 0.15) is 5.01 Å². The Morgan fingerprint density at radius 2 is 2.19 bits per heavy atom. The maximum atomic E-state index is 5.90. The molecule has 2 rings (SSSR count). The SMILES string of the molecule is Cc1cnc(CN=C(N)Nc2cccc(C(C)C)c2)s1.I. The lowest BCUT2D eigenvalue weighted by atomic mass is 10.0. The predicted molar refractivity (Wildman–Crippen MR) is 102 cm³/mol. The molecular formula is C15H21IN4S. The molecule has 0 aliphatic heterocycles. The van der Waals surface area contributed by atoms with Crippen LogP contribution in [-0.2, 0) is 6.54 Å². The van der Waals surface area contributed by atoms with Crippen LogP contribution >= 0.6 is 35.3 Å². The Morgan fingerprint density at radius 1 is 1.43 bits per heavy atom. The highest BCUT2D eigenvalue weighted by Crippen LogP contribution is 2.18. The van der Waals surface area contributed by atoms with Gasteiger partial charge in [-0.05, 0) is 30.5 Å². The van der Waals surface area contributed by atoms with Gasteiger partial charge in [0, 0.05) is 16.8 Å². The van der Waals surface area contributed by atoms with E-state index in [2.05, 4.69) is 41.3 Å². The Hall–Kier alpha value is -1.15. The summed E-state index contributed by atoms with van der Waals surface area (Å²) in [5.41, 5.74) is 8.14. The summed E-state index contributed by atoms with van der Waals surface area (Å²) in [5, 5.41) is 4.09. The number of benzene rings is 1. The van der Waals surface area contributed by atoms with Gasteiger partial charge in [-0.3, -0.25) is 0 Å². The Morgan fingerprint density at radius 3 is 2.81 bits per heavy atom.